The lowest BCUT2D eigenvalue weighted by molar-refractivity contribution is -0.146. The molecule has 0 aromatic heterocycles. The molecule has 37 heavy (non-hydrogen) atoms. The third-order valence-electron chi connectivity index (χ3n) is 5.75. The fourth-order valence-corrected chi connectivity index (χ4v) is 4.29. The lowest BCUT2D eigenvalue weighted by Gasteiger charge is -2.15. The summed E-state index contributed by atoms with van der Waals surface area (Å²) in [5.41, 5.74) is 0. The van der Waals surface area contributed by atoms with E-state index in [1.54, 1.807) is 6.92 Å². The normalized spacial score (nSPS) is 13.9. The molecule has 0 radical (unpaired) electrons. The van der Waals surface area contributed by atoms with Crippen LogP contribution in [-0.4, -0.2) is 54.3 Å². The predicted octanol–water partition coefficient (Wildman–Crippen LogP) is 5.98. The number of hydrogen-bond acceptors (Lipinski definition) is 7. The summed E-state index contributed by atoms with van der Waals surface area (Å²) < 4.78 is 25.9. The average molecular weight is 550 g/mol. The van der Waals surface area contributed by atoms with E-state index in [1.807, 2.05) is 0 Å². The molecular weight excluding hydrogens is 497 g/mol. The van der Waals surface area contributed by atoms with Gasteiger partial charge in [0, 0.05) is 19.4 Å². The summed E-state index contributed by atoms with van der Waals surface area (Å²) in [6, 6.07) is 0. The van der Waals surface area contributed by atoms with Gasteiger partial charge in [-0.1, -0.05) is 83.8 Å². The molecule has 9 nitrogen and oxygen atoms in total. The number of carbonyl (C=O) groups excluding carboxylic acids is 2. The van der Waals surface area contributed by atoms with Crippen molar-refractivity contribution in [3.63, 3.8) is 0 Å². The van der Waals surface area contributed by atoms with E-state index in [1.165, 1.54) is 64.2 Å². The summed E-state index contributed by atoms with van der Waals surface area (Å²) in [7, 11) is -4.37. The number of unbranched alkanes of at least 4 members (excludes halogenated alkanes) is 12. The number of amides is 1. The summed E-state index contributed by atoms with van der Waals surface area (Å²) in [6.07, 6.45) is 21.0. The van der Waals surface area contributed by atoms with Crippen molar-refractivity contribution >= 4 is 19.7 Å². The zero-order valence-electron chi connectivity index (χ0n) is 23.2. The van der Waals surface area contributed by atoms with E-state index in [-0.39, 0.29) is 32.1 Å². The number of nitrogens with one attached hydrogen (secondary N) is 1. The van der Waals surface area contributed by atoms with Crippen molar-refractivity contribution in [2.75, 3.05) is 26.4 Å². The van der Waals surface area contributed by atoms with Crippen molar-refractivity contribution in [2.24, 2.45) is 0 Å². The molecule has 1 amide bonds. The van der Waals surface area contributed by atoms with E-state index in [4.69, 9.17) is 9.26 Å². The Bertz CT molecular complexity index is 644. The number of hydrogen-bond donors (Lipinski definition) is 3. The average Bonchev–Trinajstić information content (AvgIpc) is 2.88. The van der Waals surface area contributed by atoms with E-state index < -0.39 is 26.5 Å². The summed E-state index contributed by atoms with van der Waals surface area (Å²) in [6.45, 7) is 2.88. The van der Waals surface area contributed by atoms with Crippen LogP contribution in [0.1, 0.15) is 117 Å². The van der Waals surface area contributed by atoms with Crippen molar-refractivity contribution in [3.05, 3.63) is 12.2 Å². The quantitative estimate of drug-likeness (QED) is 0.0520. The van der Waals surface area contributed by atoms with Gasteiger partial charge < -0.3 is 20.1 Å². The smallest absolute Gasteiger partial charge is 0.463 e. The van der Waals surface area contributed by atoms with E-state index in [0.717, 1.165) is 25.7 Å². The van der Waals surface area contributed by atoms with Gasteiger partial charge in [0.2, 0.25) is 5.91 Å². The second-order valence-corrected chi connectivity index (χ2v) is 10.8. The molecule has 10 heteroatoms. The molecule has 2 unspecified atom stereocenters. The van der Waals surface area contributed by atoms with E-state index in [0.29, 0.717) is 6.42 Å². The van der Waals surface area contributed by atoms with Crippen molar-refractivity contribution in [1.82, 2.24) is 5.32 Å². The largest absolute Gasteiger partial charge is 0.472 e. The molecular formula is C27H52NO8P. The minimum Gasteiger partial charge on any atom is -0.463 e. The molecule has 0 aliphatic carbocycles. The molecule has 2 atom stereocenters. The minimum absolute atomic E-state index is 0.0780. The number of allylic oxidation sites excluding steroid dienone is 2. The fraction of sp³-hybridized carbons (Fsp3) is 0.852. The van der Waals surface area contributed by atoms with Gasteiger partial charge in [-0.2, -0.15) is 0 Å². The van der Waals surface area contributed by atoms with Crippen LogP contribution in [0.5, 0.6) is 0 Å². The Balaban J connectivity index is 3.54. The number of ether oxygens (including phenoxy) is 1. The number of phosphoric acid groups is 1. The van der Waals surface area contributed by atoms with Gasteiger partial charge in [-0.3, -0.25) is 18.6 Å². The fourth-order valence-electron chi connectivity index (χ4n) is 3.53. The van der Waals surface area contributed by atoms with Crippen LogP contribution >= 0.6 is 7.82 Å². The molecule has 0 aliphatic rings. The van der Waals surface area contributed by atoms with Crippen LogP contribution in [0, 0.1) is 0 Å². The van der Waals surface area contributed by atoms with Crippen LogP contribution in [0.3, 0.4) is 0 Å². The van der Waals surface area contributed by atoms with Gasteiger partial charge in [-0.25, -0.2) is 4.57 Å². The second kappa shape index (κ2) is 25.1. The lowest BCUT2D eigenvalue weighted by Crippen LogP contribution is -2.27. The Morgan fingerprint density at radius 1 is 0.838 bits per heavy atom. The summed E-state index contributed by atoms with van der Waals surface area (Å²) in [5.74, 6) is -0.617. The first kappa shape index (κ1) is 35.8. The first-order chi connectivity index (χ1) is 17.8. The summed E-state index contributed by atoms with van der Waals surface area (Å²) in [5, 5.41) is 12.2. The van der Waals surface area contributed by atoms with Gasteiger partial charge in [0.15, 0.2) is 0 Å². The molecule has 0 saturated heterocycles. The van der Waals surface area contributed by atoms with Gasteiger partial charge in [0.25, 0.3) is 0 Å². The maximum Gasteiger partial charge on any atom is 0.472 e. The Morgan fingerprint density at radius 3 is 2.00 bits per heavy atom. The maximum atomic E-state index is 11.9. The van der Waals surface area contributed by atoms with E-state index >= 15 is 0 Å². The Labute approximate surface area is 224 Å². The number of aliphatic hydroxyl groups excluding tert-OH is 1. The van der Waals surface area contributed by atoms with Crippen LogP contribution in [0.25, 0.3) is 0 Å². The van der Waals surface area contributed by atoms with Gasteiger partial charge in [-0.15, -0.1) is 0 Å². The third kappa shape index (κ3) is 26.2. The molecule has 3 N–H and O–H groups in total. The van der Waals surface area contributed by atoms with Crippen LogP contribution in [-0.2, 0) is 27.9 Å². The highest BCUT2D eigenvalue weighted by Crippen LogP contribution is 2.42. The molecule has 0 heterocycles. The van der Waals surface area contributed by atoms with Crippen LogP contribution in [0.15, 0.2) is 12.2 Å². The van der Waals surface area contributed by atoms with Crippen molar-refractivity contribution in [2.45, 2.75) is 123 Å². The lowest BCUT2D eigenvalue weighted by atomic mass is 10.1. The first-order valence-corrected chi connectivity index (χ1v) is 15.7. The summed E-state index contributed by atoms with van der Waals surface area (Å²) >= 11 is 0. The standard InChI is InChI=1S/C27H52NO8P/c1-3-5-6-7-8-9-10-11-12-13-14-15-16-17-18-19-20-26(30)28-21-22-35-37(32,33)36-24-25(29)23-34-27(31)4-2/h12-13,25,29H,3-11,14-24H2,1-2H3,(H,28,30)(H,32,33)/b13-12-. The first-order valence-electron chi connectivity index (χ1n) is 14.2. The molecule has 0 rings (SSSR count). The Hall–Kier alpha value is -1.25. The molecule has 0 bridgehead atoms. The van der Waals surface area contributed by atoms with Crippen LogP contribution in [0.2, 0.25) is 0 Å². The van der Waals surface area contributed by atoms with E-state index in [9.17, 15) is 24.2 Å². The van der Waals surface area contributed by atoms with Crippen molar-refractivity contribution in [3.8, 4) is 0 Å². The van der Waals surface area contributed by atoms with Gasteiger partial charge in [-0.05, 0) is 32.1 Å². The van der Waals surface area contributed by atoms with Gasteiger partial charge >= 0.3 is 13.8 Å². The zero-order valence-corrected chi connectivity index (χ0v) is 24.1. The van der Waals surface area contributed by atoms with Crippen molar-refractivity contribution < 1.29 is 37.9 Å². The number of phosphoric ester groups is 1. The molecule has 0 spiro atoms. The van der Waals surface area contributed by atoms with Crippen molar-refractivity contribution in [1.29, 1.82) is 0 Å². The van der Waals surface area contributed by atoms with Crippen LogP contribution < -0.4 is 5.32 Å². The highest BCUT2D eigenvalue weighted by atomic mass is 31.2. The highest BCUT2D eigenvalue weighted by molar-refractivity contribution is 7.47. The molecule has 0 aromatic carbocycles. The van der Waals surface area contributed by atoms with Crippen LogP contribution in [0.4, 0.5) is 0 Å². The number of carbonyl (C=O) groups is 2. The third-order valence-corrected chi connectivity index (χ3v) is 6.73. The molecule has 0 aromatic rings. The molecule has 0 fully saturated rings. The SMILES string of the molecule is CCCCCCCCC/C=C\CCCCCCCC(=O)NCCOP(=O)(O)OCC(O)COC(=O)CC. The molecule has 0 saturated carbocycles. The van der Waals surface area contributed by atoms with Gasteiger partial charge in [0.05, 0.1) is 13.2 Å². The molecule has 218 valence electrons. The van der Waals surface area contributed by atoms with E-state index in [2.05, 4.69) is 28.9 Å². The van der Waals surface area contributed by atoms with Gasteiger partial charge in [0.1, 0.15) is 12.7 Å². The topological polar surface area (TPSA) is 131 Å². The number of esters is 1. The second-order valence-electron chi connectivity index (χ2n) is 9.33. The zero-order chi connectivity index (χ0) is 27.6. The number of aliphatic hydroxyl groups is 1. The predicted molar refractivity (Wildman–Crippen MR) is 146 cm³/mol. The Kier molecular flexibility index (Phi) is 24.2. The number of rotatable bonds is 26. The molecule has 0 aliphatic heterocycles. The summed E-state index contributed by atoms with van der Waals surface area (Å²) in [4.78, 5) is 32.5. The maximum absolute atomic E-state index is 11.9. The highest BCUT2D eigenvalue weighted by Gasteiger charge is 2.23. The Morgan fingerprint density at radius 2 is 1.41 bits per heavy atom. The monoisotopic (exact) mass is 549 g/mol. The minimum atomic E-state index is -4.37.